The lowest BCUT2D eigenvalue weighted by Gasteiger charge is -2.17. The average Bonchev–Trinajstić information content (AvgIpc) is 3.16. The Morgan fingerprint density at radius 2 is 1.89 bits per heavy atom. The van der Waals surface area contributed by atoms with E-state index in [4.69, 9.17) is 21.1 Å². The molecule has 0 aliphatic carbocycles. The third kappa shape index (κ3) is 6.07. The summed E-state index contributed by atoms with van der Waals surface area (Å²) in [7, 11) is 0. The minimum absolute atomic E-state index is 0.0236. The van der Waals surface area contributed by atoms with Crippen LogP contribution in [0.5, 0.6) is 11.5 Å². The van der Waals surface area contributed by atoms with Crippen LogP contribution >= 0.6 is 23.4 Å². The number of ether oxygens (including phenoxy) is 2. The smallest absolute Gasteiger partial charge is 0.298 e. The average molecular weight is 551 g/mol. The fraction of sp³-hybridized carbons (Fsp3) is 0.143. The summed E-state index contributed by atoms with van der Waals surface area (Å²) in [6, 6.07) is 16.3. The topological polar surface area (TPSA) is 99.0 Å². The number of rotatable bonds is 10. The Hall–Kier alpha value is -4.08. The van der Waals surface area contributed by atoms with E-state index in [0.717, 1.165) is 22.2 Å². The Kier molecular flexibility index (Phi) is 8.50. The molecule has 38 heavy (non-hydrogen) atoms. The van der Waals surface area contributed by atoms with Gasteiger partial charge in [0.25, 0.3) is 16.8 Å². The minimum atomic E-state index is -0.457. The molecule has 0 N–H and O–H groups in total. The van der Waals surface area contributed by atoms with E-state index in [1.807, 2.05) is 13.0 Å². The maximum absolute atomic E-state index is 13.1. The van der Waals surface area contributed by atoms with Gasteiger partial charge in [-0.3, -0.25) is 19.7 Å². The number of hydrogen-bond acceptors (Lipinski definition) is 7. The number of carbonyl (C=O) groups excluding carboxylic acids is 2. The van der Waals surface area contributed by atoms with Crippen molar-refractivity contribution in [3.05, 3.63) is 110 Å². The minimum Gasteiger partial charge on any atom is -0.490 e. The lowest BCUT2D eigenvalue weighted by molar-refractivity contribution is -0.384. The van der Waals surface area contributed by atoms with Crippen molar-refractivity contribution in [1.29, 1.82) is 0 Å². The van der Waals surface area contributed by atoms with Crippen LogP contribution in [0.15, 0.2) is 78.2 Å². The highest BCUT2D eigenvalue weighted by molar-refractivity contribution is 8.19. The lowest BCUT2D eigenvalue weighted by atomic mass is 10.0. The van der Waals surface area contributed by atoms with Crippen LogP contribution < -0.4 is 14.4 Å². The van der Waals surface area contributed by atoms with Crippen LogP contribution in [0, 0.1) is 10.1 Å². The van der Waals surface area contributed by atoms with Crippen LogP contribution in [0.2, 0.25) is 5.02 Å². The molecule has 1 fully saturated rings. The van der Waals surface area contributed by atoms with Gasteiger partial charge in [-0.2, -0.15) is 0 Å². The number of nitro benzene ring substituents is 1. The maximum atomic E-state index is 13.1. The van der Waals surface area contributed by atoms with E-state index in [1.165, 1.54) is 12.1 Å². The van der Waals surface area contributed by atoms with E-state index < -0.39 is 16.1 Å². The van der Waals surface area contributed by atoms with E-state index in [-0.39, 0.29) is 17.2 Å². The molecule has 3 aromatic carbocycles. The molecule has 2 amide bonds. The van der Waals surface area contributed by atoms with Crippen LogP contribution in [0.1, 0.15) is 23.6 Å². The van der Waals surface area contributed by atoms with Crippen LogP contribution in [-0.2, 0) is 17.8 Å². The highest BCUT2D eigenvalue weighted by atomic mass is 35.5. The van der Waals surface area contributed by atoms with Crippen LogP contribution in [0.3, 0.4) is 0 Å². The van der Waals surface area contributed by atoms with Crippen molar-refractivity contribution in [3.8, 4) is 11.5 Å². The molecular weight excluding hydrogens is 528 g/mol. The molecule has 0 saturated carbocycles. The first-order valence-corrected chi connectivity index (χ1v) is 12.8. The van der Waals surface area contributed by atoms with Crippen LogP contribution in [0.4, 0.5) is 16.2 Å². The number of thioether (sulfide) groups is 1. The summed E-state index contributed by atoms with van der Waals surface area (Å²) < 4.78 is 11.9. The normalized spacial score (nSPS) is 14.2. The number of nitrogens with zero attached hydrogens (tertiary/aromatic N) is 2. The number of carbonyl (C=O) groups is 2. The second-order valence-electron chi connectivity index (χ2n) is 8.15. The summed E-state index contributed by atoms with van der Waals surface area (Å²) in [5.41, 5.74) is 2.39. The molecule has 194 valence electrons. The zero-order chi connectivity index (χ0) is 27.2. The number of non-ortho nitro benzene ring substituents is 1. The van der Waals surface area contributed by atoms with Gasteiger partial charge in [0.15, 0.2) is 11.5 Å². The zero-order valence-corrected chi connectivity index (χ0v) is 22.0. The quantitative estimate of drug-likeness (QED) is 0.114. The van der Waals surface area contributed by atoms with E-state index in [9.17, 15) is 19.7 Å². The third-order valence-corrected chi connectivity index (χ3v) is 6.59. The SMILES string of the molecule is C=CCc1cc(/C=C2/SC(=O)N(c3cccc(Cl)c3)C2=O)cc(OCC)c1OCc1cccc([N+](=O)[O-])c1. The van der Waals surface area contributed by atoms with Gasteiger partial charge in [0.1, 0.15) is 6.61 Å². The zero-order valence-electron chi connectivity index (χ0n) is 20.4. The van der Waals surface area contributed by atoms with Gasteiger partial charge in [-0.25, -0.2) is 4.90 Å². The van der Waals surface area contributed by atoms with E-state index in [0.29, 0.717) is 46.4 Å². The van der Waals surface area contributed by atoms with Crippen LogP contribution in [0.25, 0.3) is 6.08 Å². The van der Waals surface area contributed by atoms with Gasteiger partial charge < -0.3 is 9.47 Å². The summed E-state index contributed by atoms with van der Waals surface area (Å²) in [6.45, 7) is 6.10. The van der Waals surface area contributed by atoms with Crippen molar-refractivity contribution in [3.63, 3.8) is 0 Å². The molecule has 0 radical (unpaired) electrons. The Balaban J connectivity index is 1.66. The van der Waals surface area contributed by atoms with E-state index >= 15 is 0 Å². The molecule has 4 rings (SSSR count). The highest BCUT2D eigenvalue weighted by Gasteiger charge is 2.36. The monoisotopic (exact) mass is 550 g/mol. The molecule has 10 heteroatoms. The van der Waals surface area contributed by atoms with Gasteiger partial charge in [0.2, 0.25) is 0 Å². The van der Waals surface area contributed by atoms with Gasteiger partial charge in [0.05, 0.1) is 22.1 Å². The number of anilines is 1. The fourth-order valence-corrected chi connectivity index (χ4v) is 4.90. The first-order chi connectivity index (χ1) is 18.3. The Morgan fingerprint density at radius 3 is 2.61 bits per heavy atom. The van der Waals surface area contributed by atoms with Crippen molar-refractivity contribution in [2.75, 3.05) is 11.5 Å². The van der Waals surface area contributed by atoms with Crippen molar-refractivity contribution in [2.45, 2.75) is 20.0 Å². The maximum Gasteiger partial charge on any atom is 0.298 e. The predicted molar refractivity (Wildman–Crippen MR) is 149 cm³/mol. The van der Waals surface area contributed by atoms with Gasteiger partial charge >= 0.3 is 0 Å². The Bertz CT molecular complexity index is 1460. The molecule has 1 aliphatic heterocycles. The number of allylic oxidation sites excluding steroid dienone is 1. The number of nitro groups is 1. The number of hydrogen-bond donors (Lipinski definition) is 0. The van der Waals surface area contributed by atoms with Crippen molar-refractivity contribution < 1.29 is 24.0 Å². The summed E-state index contributed by atoms with van der Waals surface area (Å²) in [4.78, 5) is 37.8. The number of imide groups is 1. The molecular formula is C28H23ClN2O6S. The second kappa shape index (κ2) is 12.0. The number of benzene rings is 3. The Morgan fingerprint density at radius 1 is 1.11 bits per heavy atom. The van der Waals surface area contributed by atoms with E-state index in [2.05, 4.69) is 6.58 Å². The van der Waals surface area contributed by atoms with Crippen LogP contribution in [-0.4, -0.2) is 22.7 Å². The molecule has 0 aromatic heterocycles. The summed E-state index contributed by atoms with van der Waals surface area (Å²) >= 11 is 6.89. The van der Waals surface area contributed by atoms with Crippen molar-refractivity contribution in [1.82, 2.24) is 0 Å². The predicted octanol–water partition coefficient (Wildman–Crippen LogP) is 7.20. The second-order valence-corrected chi connectivity index (χ2v) is 9.58. The van der Waals surface area contributed by atoms with Gasteiger partial charge in [-0.15, -0.1) is 6.58 Å². The Labute approximate surface area is 228 Å². The van der Waals surface area contributed by atoms with E-state index in [1.54, 1.807) is 54.6 Å². The fourth-order valence-electron chi connectivity index (χ4n) is 3.87. The largest absolute Gasteiger partial charge is 0.490 e. The molecule has 1 saturated heterocycles. The first-order valence-electron chi connectivity index (χ1n) is 11.6. The first kappa shape index (κ1) is 27.0. The number of halogens is 1. The third-order valence-electron chi connectivity index (χ3n) is 5.48. The lowest BCUT2D eigenvalue weighted by Crippen LogP contribution is -2.27. The highest BCUT2D eigenvalue weighted by Crippen LogP contribution is 2.39. The van der Waals surface area contributed by atoms with Gasteiger partial charge in [-0.1, -0.05) is 35.9 Å². The molecule has 3 aromatic rings. The standard InChI is InChI=1S/C28H23ClN2O6S/c1-3-7-20-12-19(15-25-27(32)30(28(33)38-25)22-10-6-9-21(29)16-22)14-24(36-4-2)26(20)37-17-18-8-5-11-23(13-18)31(34)35/h3,5-6,8-16H,1,4,7,17H2,2H3/b25-15+. The number of amides is 2. The van der Waals surface area contributed by atoms with Gasteiger partial charge in [0, 0.05) is 22.7 Å². The van der Waals surface area contributed by atoms with Crippen molar-refractivity contribution in [2.24, 2.45) is 0 Å². The van der Waals surface area contributed by atoms with Crippen molar-refractivity contribution >= 4 is 52.0 Å². The molecule has 1 heterocycles. The molecule has 0 bridgehead atoms. The molecule has 1 aliphatic rings. The molecule has 0 unspecified atom stereocenters. The molecule has 8 nitrogen and oxygen atoms in total. The van der Waals surface area contributed by atoms with Gasteiger partial charge in [-0.05, 0) is 72.6 Å². The molecule has 0 spiro atoms. The summed E-state index contributed by atoms with van der Waals surface area (Å²) in [5.74, 6) is 0.469. The summed E-state index contributed by atoms with van der Waals surface area (Å²) in [5, 5.41) is 11.1. The molecule has 0 atom stereocenters. The summed E-state index contributed by atoms with van der Waals surface area (Å²) in [6.07, 6.45) is 3.78.